The Hall–Kier alpha value is -1.16. The molecule has 0 spiro atoms. The molecule has 112 valence electrons. The van der Waals surface area contributed by atoms with Crippen molar-refractivity contribution in [3.05, 3.63) is 23.6 Å². The van der Waals surface area contributed by atoms with E-state index in [2.05, 4.69) is 29.0 Å². The second-order valence-electron chi connectivity index (χ2n) is 5.81. The first-order valence-corrected chi connectivity index (χ1v) is 7.81. The first-order chi connectivity index (χ1) is 9.72. The monoisotopic (exact) mass is 279 g/mol. The van der Waals surface area contributed by atoms with Gasteiger partial charge in [-0.15, -0.1) is 0 Å². The SMILES string of the molecule is CCCNCc1ccnc(N2CCCC(C)CC2)c1F. The topological polar surface area (TPSA) is 28.2 Å². The van der Waals surface area contributed by atoms with Crippen LogP contribution in [0, 0.1) is 11.7 Å². The van der Waals surface area contributed by atoms with Crippen molar-refractivity contribution in [3.8, 4) is 0 Å². The van der Waals surface area contributed by atoms with Crippen molar-refractivity contribution < 1.29 is 4.39 Å². The highest BCUT2D eigenvalue weighted by atomic mass is 19.1. The minimum Gasteiger partial charge on any atom is -0.354 e. The zero-order valence-corrected chi connectivity index (χ0v) is 12.7. The smallest absolute Gasteiger partial charge is 0.170 e. The third kappa shape index (κ3) is 3.92. The number of nitrogens with one attached hydrogen (secondary N) is 1. The Bertz CT molecular complexity index is 422. The molecule has 1 aliphatic rings. The summed E-state index contributed by atoms with van der Waals surface area (Å²) in [7, 11) is 0. The maximum Gasteiger partial charge on any atom is 0.170 e. The van der Waals surface area contributed by atoms with E-state index in [9.17, 15) is 4.39 Å². The molecule has 0 aliphatic carbocycles. The number of nitrogens with zero attached hydrogens (tertiary/aromatic N) is 2. The lowest BCUT2D eigenvalue weighted by Gasteiger charge is -2.23. The molecule has 1 aromatic rings. The maximum atomic E-state index is 14.6. The van der Waals surface area contributed by atoms with E-state index in [0.717, 1.165) is 50.4 Å². The number of rotatable bonds is 5. The third-order valence-electron chi connectivity index (χ3n) is 4.01. The molecule has 1 aromatic heterocycles. The first-order valence-electron chi connectivity index (χ1n) is 7.81. The lowest BCUT2D eigenvalue weighted by atomic mass is 10.0. The van der Waals surface area contributed by atoms with Crippen LogP contribution in [0.2, 0.25) is 0 Å². The largest absolute Gasteiger partial charge is 0.354 e. The van der Waals surface area contributed by atoms with Gasteiger partial charge in [-0.1, -0.05) is 13.8 Å². The molecule has 0 amide bonds. The van der Waals surface area contributed by atoms with E-state index in [0.29, 0.717) is 12.4 Å². The van der Waals surface area contributed by atoms with Gasteiger partial charge >= 0.3 is 0 Å². The van der Waals surface area contributed by atoms with E-state index >= 15 is 0 Å². The van der Waals surface area contributed by atoms with Gasteiger partial charge < -0.3 is 10.2 Å². The molecule has 1 saturated heterocycles. The molecule has 20 heavy (non-hydrogen) atoms. The van der Waals surface area contributed by atoms with Crippen LogP contribution in [-0.2, 0) is 6.54 Å². The summed E-state index contributed by atoms with van der Waals surface area (Å²) in [4.78, 5) is 6.39. The highest BCUT2D eigenvalue weighted by molar-refractivity contribution is 5.43. The quantitative estimate of drug-likeness (QED) is 0.838. The molecule has 1 N–H and O–H groups in total. The number of hydrogen-bond acceptors (Lipinski definition) is 3. The molecule has 0 saturated carbocycles. The number of hydrogen-bond donors (Lipinski definition) is 1. The predicted molar refractivity (Wildman–Crippen MR) is 81.4 cm³/mol. The van der Waals surface area contributed by atoms with Gasteiger partial charge in [-0.3, -0.25) is 0 Å². The van der Waals surface area contributed by atoms with Crippen molar-refractivity contribution in [2.75, 3.05) is 24.5 Å². The molecule has 2 heterocycles. The van der Waals surface area contributed by atoms with E-state index in [1.807, 2.05) is 0 Å². The Labute approximate surface area is 121 Å². The van der Waals surface area contributed by atoms with Crippen LogP contribution in [0.25, 0.3) is 0 Å². The van der Waals surface area contributed by atoms with Gasteiger partial charge in [-0.05, 0) is 44.2 Å². The summed E-state index contributed by atoms with van der Waals surface area (Å²) in [5, 5.41) is 3.26. The standard InChI is InChI=1S/C16H26FN3/c1-3-8-18-12-14-6-9-19-16(15(14)17)20-10-4-5-13(2)7-11-20/h6,9,13,18H,3-5,7-8,10-12H2,1-2H3. The summed E-state index contributed by atoms with van der Waals surface area (Å²) >= 11 is 0. The second-order valence-corrected chi connectivity index (χ2v) is 5.81. The second kappa shape index (κ2) is 7.58. The van der Waals surface area contributed by atoms with Gasteiger partial charge in [-0.25, -0.2) is 9.37 Å². The van der Waals surface area contributed by atoms with Crippen molar-refractivity contribution in [1.29, 1.82) is 0 Å². The van der Waals surface area contributed by atoms with Gasteiger partial charge in [0.2, 0.25) is 0 Å². The van der Waals surface area contributed by atoms with E-state index in [1.165, 1.54) is 6.42 Å². The minimum absolute atomic E-state index is 0.148. The van der Waals surface area contributed by atoms with Crippen LogP contribution >= 0.6 is 0 Å². The van der Waals surface area contributed by atoms with Gasteiger partial charge in [0, 0.05) is 31.4 Å². The summed E-state index contributed by atoms with van der Waals surface area (Å²) in [6, 6.07) is 1.78. The minimum atomic E-state index is -0.148. The van der Waals surface area contributed by atoms with E-state index in [4.69, 9.17) is 0 Å². The van der Waals surface area contributed by atoms with Crippen LogP contribution in [-0.4, -0.2) is 24.6 Å². The summed E-state index contributed by atoms with van der Waals surface area (Å²) in [5.74, 6) is 1.12. The predicted octanol–water partition coefficient (Wildman–Crippen LogP) is 3.35. The fourth-order valence-corrected chi connectivity index (χ4v) is 2.70. The fraction of sp³-hybridized carbons (Fsp3) is 0.688. The van der Waals surface area contributed by atoms with E-state index < -0.39 is 0 Å². The zero-order chi connectivity index (χ0) is 14.4. The molecule has 0 aromatic carbocycles. The number of anilines is 1. The van der Waals surface area contributed by atoms with Gasteiger partial charge in [0.1, 0.15) is 0 Å². The Morgan fingerprint density at radius 2 is 2.25 bits per heavy atom. The van der Waals surface area contributed by atoms with Gasteiger partial charge in [0.25, 0.3) is 0 Å². The van der Waals surface area contributed by atoms with Crippen molar-refractivity contribution in [2.45, 2.75) is 46.1 Å². The molecule has 4 heteroatoms. The zero-order valence-electron chi connectivity index (χ0n) is 12.7. The molecule has 1 aliphatic heterocycles. The van der Waals surface area contributed by atoms with Crippen molar-refractivity contribution in [3.63, 3.8) is 0 Å². The van der Waals surface area contributed by atoms with E-state index in [-0.39, 0.29) is 5.82 Å². The fourth-order valence-electron chi connectivity index (χ4n) is 2.70. The lowest BCUT2D eigenvalue weighted by Crippen LogP contribution is -2.27. The van der Waals surface area contributed by atoms with Crippen LogP contribution in [0.4, 0.5) is 10.2 Å². The normalized spacial score (nSPS) is 19.9. The number of pyridine rings is 1. The summed E-state index contributed by atoms with van der Waals surface area (Å²) < 4.78 is 14.6. The molecular formula is C16H26FN3. The van der Waals surface area contributed by atoms with Gasteiger partial charge in [-0.2, -0.15) is 0 Å². The Morgan fingerprint density at radius 3 is 3.05 bits per heavy atom. The Balaban J connectivity index is 2.08. The molecule has 3 nitrogen and oxygen atoms in total. The number of halogens is 1. The number of aromatic nitrogens is 1. The highest BCUT2D eigenvalue weighted by Gasteiger charge is 2.19. The van der Waals surface area contributed by atoms with Crippen LogP contribution in [0.3, 0.4) is 0 Å². The molecule has 1 fully saturated rings. The van der Waals surface area contributed by atoms with Crippen molar-refractivity contribution in [1.82, 2.24) is 10.3 Å². The summed E-state index contributed by atoms with van der Waals surface area (Å²) in [6.07, 6.45) is 6.27. The van der Waals surface area contributed by atoms with Crippen LogP contribution in [0.15, 0.2) is 12.3 Å². The van der Waals surface area contributed by atoms with Crippen LogP contribution in [0.1, 0.15) is 45.1 Å². The molecule has 1 atom stereocenters. The summed E-state index contributed by atoms with van der Waals surface area (Å²) in [5.41, 5.74) is 0.723. The van der Waals surface area contributed by atoms with Gasteiger partial charge in [0.15, 0.2) is 11.6 Å². The Morgan fingerprint density at radius 1 is 1.40 bits per heavy atom. The third-order valence-corrected chi connectivity index (χ3v) is 4.01. The highest BCUT2D eigenvalue weighted by Crippen LogP contribution is 2.24. The molecule has 2 rings (SSSR count). The van der Waals surface area contributed by atoms with Crippen molar-refractivity contribution in [2.24, 2.45) is 5.92 Å². The molecule has 0 radical (unpaired) electrons. The lowest BCUT2D eigenvalue weighted by molar-refractivity contribution is 0.520. The van der Waals surface area contributed by atoms with Crippen LogP contribution < -0.4 is 10.2 Å². The average molecular weight is 279 g/mol. The van der Waals surface area contributed by atoms with Gasteiger partial charge in [0.05, 0.1) is 0 Å². The maximum absolute atomic E-state index is 14.6. The van der Waals surface area contributed by atoms with Crippen molar-refractivity contribution >= 4 is 5.82 Å². The van der Waals surface area contributed by atoms with Crippen LogP contribution in [0.5, 0.6) is 0 Å². The van der Waals surface area contributed by atoms with E-state index in [1.54, 1.807) is 12.3 Å². The molecule has 1 unspecified atom stereocenters. The first kappa shape index (κ1) is 15.2. The average Bonchev–Trinajstić information content (AvgIpc) is 2.66. The molecule has 0 bridgehead atoms. The Kier molecular flexibility index (Phi) is 5.77. The summed E-state index contributed by atoms with van der Waals surface area (Å²) in [6.45, 7) is 7.72. The molecular weight excluding hydrogens is 253 g/mol.